The van der Waals surface area contributed by atoms with Gasteiger partial charge in [-0.2, -0.15) is 10.3 Å². The topological polar surface area (TPSA) is 97.3 Å². The SMILES string of the molecule is CCCCCCC(C)(CCCCCC)C1OC(COP(=O)(O)c2cn[nH]n2)C(C(C)(CCC)CCCCC)C1C(C)(CC)CCCCCC. The Kier molecular flexibility index (Phi) is 20.3. The largest absolute Gasteiger partial charge is 0.380 e. The van der Waals surface area contributed by atoms with Gasteiger partial charge >= 0.3 is 7.60 Å². The predicted octanol–water partition coefficient (Wildman–Crippen LogP) is 12.4. The first-order valence-electron chi connectivity index (χ1n) is 20.9. The van der Waals surface area contributed by atoms with E-state index >= 15 is 0 Å². The molecule has 8 heteroatoms. The lowest BCUT2D eigenvalue weighted by Crippen LogP contribution is -2.49. The molecule has 2 rings (SSSR count). The zero-order valence-corrected chi connectivity index (χ0v) is 34.6. The van der Waals surface area contributed by atoms with Gasteiger partial charge in [-0.25, -0.2) is 0 Å². The first-order chi connectivity index (χ1) is 23.4. The summed E-state index contributed by atoms with van der Waals surface area (Å²) in [5.74, 6) is 0.576. The molecule has 0 amide bonds. The molecular weight excluding hydrogens is 629 g/mol. The van der Waals surface area contributed by atoms with E-state index in [1.165, 1.54) is 122 Å². The number of rotatable bonds is 29. The van der Waals surface area contributed by atoms with E-state index in [2.05, 4.69) is 77.7 Å². The van der Waals surface area contributed by atoms with Crippen molar-refractivity contribution in [1.82, 2.24) is 15.4 Å². The summed E-state index contributed by atoms with van der Waals surface area (Å²) in [5, 5.41) is 10.2. The van der Waals surface area contributed by atoms with Gasteiger partial charge < -0.3 is 14.2 Å². The maximum absolute atomic E-state index is 13.5. The number of nitrogens with one attached hydrogen (secondary N) is 1. The third-order valence-electron chi connectivity index (χ3n) is 12.6. The average molecular weight is 710 g/mol. The molecule has 1 aliphatic heterocycles. The lowest BCUT2D eigenvalue weighted by molar-refractivity contribution is -0.0828. The van der Waals surface area contributed by atoms with Gasteiger partial charge in [-0.05, 0) is 60.2 Å². The van der Waals surface area contributed by atoms with Crippen molar-refractivity contribution >= 4 is 13.0 Å². The van der Waals surface area contributed by atoms with E-state index in [1.54, 1.807) is 0 Å². The standard InChI is InChI=1S/C41H80N3O4P/c1-10-16-20-24-28-39(7,15-6)37-36(40(8,27-14-5)29-23-19-13-4)34(33-47-49(45,46)35-32-42-44-43-35)48-38(37)41(9,30-25-21-17-11-2)31-26-22-18-12-3/h32,34,36-38H,10-31,33H2,1-9H3,(H,45,46)(H,42,43,44). The molecule has 7 atom stereocenters. The number of aromatic nitrogens is 3. The number of nitrogens with zero attached hydrogens (tertiary/aromatic N) is 2. The summed E-state index contributed by atoms with van der Waals surface area (Å²) < 4.78 is 27.1. The van der Waals surface area contributed by atoms with Gasteiger partial charge in [-0.15, -0.1) is 5.10 Å². The summed E-state index contributed by atoms with van der Waals surface area (Å²) in [4.78, 5) is 11.1. The Morgan fingerprint density at radius 1 is 0.694 bits per heavy atom. The van der Waals surface area contributed by atoms with Crippen LogP contribution in [0.1, 0.15) is 204 Å². The highest BCUT2D eigenvalue weighted by Gasteiger charge is 2.61. The van der Waals surface area contributed by atoms with E-state index in [-0.39, 0.29) is 46.4 Å². The van der Waals surface area contributed by atoms with Crippen molar-refractivity contribution in [3.63, 3.8) is 0 Å². The molecule has 0 bridgehead atoms. The van der Waals surface area contributed by atoms with Gasteiger partial charge in [0.05, 0.1) is 25.0 Å². The summed E-state index contributed by atoms with van der Waals surface area (Å²) in [6, 6.07) is 0. The van der Waals surface area contributed by atoms with Crippen molar-refractivity contribution in [1.29, 1.82) is 0 Å². The third kappa shape index (κ3) is 13.0. The summed E-state index contributed by atoms with van der Waals surface area (Å²) in [7, 11) is -4.16. The van der Waals surface area contributed by atoms with Crippen molar-refractivity contribution in [2.75, 3.05) is 6.61 Å². The molecule has 1 aromatic rings. The quantitative estimate of drug-likeness (QED) is 0.0635. The fourth-order valence-corrected chi connectivity index (χ4v) is 10.3. The molecule has 2 N–H and O–H groups in total. The Hall–Kier alpha value is -0.750. The molecule has 49 heavy (non-hydrogen) atoms. The molecule has 1 saturated heterocycles. The van der Waals surface area contributed by atoms with E-state index in [0.717, 1.165) is 25.7 Å². The minimum atomic E-state index is -4.16. The lowest BCUT2D eigenvalue weighted by Gasteiger charge is -2.51. The fourth-order valence-electron chi connectivity index (χ4n) is 9.44. The van der Waals surface area contributed by atoms with Crippen LogP contribution >= 0.6 is 7.60 Å². The average Bonchev–Trinajstić information content (AvgIpc) is 3.77. The van der Waals surface area contributed by atoms with Crippen LogP contribution in [0.4, 0.5) is 0 Å². The van der Waals surface area contributed by atoms with Crippen LogP contribution in [0.5, 0.6) is 0 Å². The van der Waals surface area contributed by atoms with E-state index in [9.17, 15) is 9.46 Å². The van der Waals surface area contributed by atoms with Gasteiger partial charge in [0.1, 0.15) is 0 Å². The third-order valence-corrected chi connectivity index (χ3v) is 13.9. The van der Waals surface area contributed by atoms with Gasteiger partial charge in [0, 0.05) is 0 Å². The van der Waals surface area contributed by atoms with Gasteiger partial charge in [0.15, 0.2) is 5.44 Å². The summed E-state index contributed by atoms with van der Waals surface area (Å²) in [5.41, 5.74) is 0.140. The van der Waals surface area contributed by atoms with Crippen LogP contribution in [0.3, 0.4) is 0 Å². The van der Waals surface area contributed by atoms with Crippen LogP contribution in [0.2, 0.25) is 0 Å². The molecule has 2 heterocycles. The van der Waals surface area contributed by atoms with Gasteiger partial charge in [-0.3, -0.25) is 4.57 Å². The Morgan fingerprint density at radius 3 is 1.65 bits per heavy atom. The number of unbranched alkanes of at least 4 members (excludes halogenated alkanes) is 11. The zero-order chi connectivity index (χ0) is 36.4. The normalized spacial score (nSPS) is 23.7. The lowest BCUT2D eigenvalue weighted by atomic mass is 9.53. The molecular formula is C41H80N3O4P. The number of hydrogen-bond donors (Lipinski definition) is 2. The maximum atomic E-state index is 13.5. The van der Waals surface area contributed by atoms with Crippen LogP contribution in [0, 0.1) is 28.1 Å². The van der Waals surface area contributed by atoms with E-state index in [1.807, 2.05) is 0 Å². The highest BCUT2D eigenvalue weighted by molar-refractivity contribution is 7.60. The van der Waals surface area contributed by atoms with Crippen molar-refractivity contribution in [2.45, 2.75) is 216 Å². The number of hydrogen-bond acceptors (Lipinski definition) is 5. The van der Waals surface area contributed by atoms with Crippen LogP contribution in [-0.2, 0) is 13.8 Å². The summed E-state index contributed by atoms with van der Waals surface area (Å²) in [6.07, 6.45) is 27.9. The van der Waals surface area contributed by atoms with Crippen molar-refractivity contribution < 1.29 is 18.7 Å². The molecule has 0 radical (unpaired) electrons. The van der Waals surface area contributed by atoms with E-state index < -0.39 is 7.60 Å². The minimum absolute atomic E-state index is 0.0274. The molecule has 7 unspecified atom stereocenters. The Bertz CT molecular complexity index is 1030. The first kappa shape index (κ1) is 44.4. The predicted molar refractivity (Wildman–Crippen MR) is 207 cm³/mol. The monoisotopic (exact) mass is 710 g/mol. The maximum Gasteiger partial charge on any atom is 0.380 e. The molecule has 1 fully saturated rings. The van der Waals surface area contributed by atoms with Crippen LogP contribution < -0.4 is 5.44 Å². The van der Waals surface area contributed by atoms with E-state index in [0.29, 0.717) is 5.92 Å². The van der Waals surface area contributed by atoms with Crippen LogP contribution in [-0.4, -0.2) is 39.1 Å². The second-order valence-corrected chi connectivity index (χ2v) is 18.5. The molecule has 1 aromatic heterocycles. The van der Waals surface area contributed by atoms with Gasteiger partial charge in [0.2, 0.25) is 0 Å². The molecule has 0 aromatic carbocycles. The molecule has 0 saturated carbocycles. The minimum Gasteiger partial charge on any atom is -0.371 e. The second kappa shape index (κ2) is 22.3. The van der Waals surface area contributed by atoms with Gasteiger partial charge in [0.25, 0.3) is 0 Å². The zero-order valence-electron chi connectivity index (χ0n) is 33.7. The highest BCUT2D eigenvalue weighted by atomic mass is 31.2. The Labute approximate surface area is 303 Å². The molecule has 288 valence electrons. The first-order valence-corrected chi connectivity index (χ1v) is 22.5. The Balaban J connectivity index is 2.74. The molecule has 7 nitrogen and oxygen atoms in total. The molecule has 1 aliphatic rings. The van der Waals surface area contributed by atoms with Crippen molar-refractivity contribution in [3.05, 3.63) is 6.20 Å². The van der Waals surface area contributed by atoms with E-state index in [4.69, 9.17) is 9.26 Å². The number of aromatic amines is 1. The smallest absolute Gasteiger partial charge is 0.371 e. The fraction of sp³-hybridized carbons (Fsp3) is 0.951. The summed E-state index contributed by atoms with van der Waals surface area (Å²) >= 11 is 0. The van der Waals surface area contributed by atoms with Crippen LogP contribution in [0.25, 0.3) is 0 Å². The van der Waals surface area contributed by atoms with Gasteiger partial charge in [-0.1, -0.05) is 171 Å². The van der Waals surface area contributed by atoms with Crippen molar-refractivity contribution in [2.24, 2.45) is 28.1 Å². The molecule has 0 spiro atoms. The number of ether oxygens (including phenoxy) is 1. The summed E-state index contributed by atoms with van der Waals surface area (Å²) in [6.45, 7) is 21.7. The second-order valence-electron chi connectivity index (χ2n) is 16.7. The highest BCUT2D eigenvalue weighted by Crippen LogP contribution is 2.62. The van der Waals surface area contributed by atoms with Crippen molar-refractivity contribution in [3.8, 4) is 0 Å². The molecule has 0 aliphatic carbocycles. The Morgan fingerprint density at radius 2 is 1.18 bits per heavy atom. The number of H-pyrrole nitrogens is 1. The van der Waals surface area contributed by atoms with Crippen LogP contribution in [0.15, 0.2) is 6.20 Å².